The zero-order valence-corrected chi connectivity index (χ0v) is 15.0. The van der Waals surface area contributed by atoms with Crippen molar-refractivity contribution in [3.63, 3.8) is 0 Å². The fourth-order valence-corrected chi connectivity index (χ4v) is 2.64. The largest absolute Gasteiger partial charge is 0.467 e. The van der Waals surface area contributed by atoms with Crippen molar-refractivity contribution >= 4 is 34.4 Å². The maximum Gasteiger partial charge on any atom is 0.328 e. The summed E-state index contributed by atoms with van der Waals surface area (Å²) in [5.74, 6) is -0.796. The van der Waals surface area contributed by atoms with Crippen molar-refractivity contribution in [3.05, 3.63) is 39.9 Å². The summed E-state index contributed by atoms with van der Waals surface area (Å²) in [6.07, 6.45) is 1.74. The molecule has 1 heterocycles. The number of halogens is 1. The molecule has 2 rings (SSSR count). The van der Waals surface area contributed by atoms with Crippen LogP contribution in [0.15, 0.2) is 29.3 Å². The van der Waals surface area contributed by atoms with Crippen LogP contribution in [-0.2, 0) is 20.9 Å². The second kappa shape index (κ2) is 8.11. The van der Waals surface area contributed by atoms with Crippen LogP contribution in [0.1, 0.15) is 20.3 Å². The molecule has 7 nitrogen and oxygen atoms in total. The number of rotatable bonds is 6. The summed E-state index contributed by atoms with van der Waals surface area (Å²) in [4.78, 5) is 40.6. The highest BCUT2D eigenvalue weighted by atomic mass is 35.5. The van der Waals surface area contributed by atoms with Crippen molar-refractivity contribution in [2.45, 2.75) is 32.9 Å². The smallest absolute Gasteiger partial charge is 0.328 e. The average molecular weight is 366 g/mol. The number of carbonyl (C=O) groups is 2. The highest BCUT2D eigenvalue weighted by molar-refractivity contribution is 6.31. The van der Waals surface area contributed by atoms with E-state index in [1.54, 1.807) is 12.1 Å². The Morgan fingerprint density at radius 1 is 1.36 bits per heavy atom. The molecule has 2 aromatic rings. The van der Waals surface area contributed by atoms with Crippen molar-refractivity contribution < 1.29 is 14.3 Å². The molecule has 0 saturated heterocycles. The molecular formula is C17H20ClN3O4. The first kappa shape index (κ1) is 18.9. The van der Waals surface area contributed by atoms with Gasteiger partial charge in [-0.3, -0.25) is 14.2 Å². The van der Waals surface area contributed by atoms with Crippen LogP contribution in [0.4, 0.5) is 0 Å². The molecule has 1 aromatic heterocycles. The number of ether oxygens (including phenoxy) is 1. The SMILES string of the molecule is COC(=O)[C@H](CC(C)C)NC(=O)Cn1cnc2ccc(Cl)cc2c1=O. The molecule has 8 heteroatoms. The minimum atomic E-state index is -0.754. The normalized spacial score (nSPS) is 12.2. The van der Waals surface area contributed by atoms with Crippen molar-refractivity contribution in [1.82, 2.24) is 14.9 Å². The fraction of sp³-hybridized carbons (Fsp3) is 0.412. The average Bonchev–Trinajstić information content (AvgIpc) is 2.56. The Balaban J connectivity index is 2.19. The van der Waals surface area contributed by atoms with E-state index in [2.05, 4.69) is 10.3 Å². The molecule has 1 atom stereocenters. The molecule has 134 valence electrons. The third-order valence-electron chi connectivity index (χ3n) is 3.63. The van der Waals surface area contributed by atoms with E-state index in [0.717, 1.165) is 0 Å². The number of methoxy groups -OCH3 is 1. The minimum Gasteiger partial charge on any atom is -0.467 e. The predicted octanol–water partition coefficient (Wildman–Crippen LogP) is 1.75. The van der Waals surface area contributed by atoms with Crippen LogP contribution in [0.3, 0.4) is 0 Å². The van der Waals surface area contributed by atoms with E-state index in [4.69, 9.17) is 16.3 Å². The third kappa shape index (κ3) is 4.79. The monoisotopic (exact) mass is 365 g/mol. The van der Waals surface area contributed by atoms with Gasteiger partial charge >= 0.3 is 5.97 Å². The maximum absolute atomic E-state index is 12.5. The van der Waals surface area contributed by atoms with Gasteiger partial charge < -0.3 is 10.1 Å². The molecule has 1 amide bonds. The molecule has 0 aliphatic rings. The summed E-state index contributed by atoms with van der Waals surface area (Å²) < 4.78 is 5.89. The van der Waals surface area contributed by atoms with E-state index in [0.29, 0.717) is 22.3 Å². The summed E-state index contributed by atoms with van der Waals surface area (Å²) in [6.45, 7) is 3.62. The molecule has 1 N–H and O–H groups in total. The molecule has 0 radical (unpaired) electrons. The lowest BCUT2D eigenvalue weighted by Gasteiger charge is -2.18. The van der Waals surface area contributed by atoms with Crippen molar-refractivity contribution in [2.24, 2.45) is 5.92 Å². The van der Waals surface area contributed by atoms with E-state index in [9.17, 15) is 14.4 Å². The Morgan fingerprint density at radius 2 is 2.08 bits per heavy atom. The van der Waals surface area contributed by atoms with Crippen LogP contribution < -0.4 is 10.9 Å². The van der Waals surface area contributed by atoms with Crippen LogP contribution in [-0.4, -0.2) is 34.6 Å². The molecule has 0 saturated carbocycles. The van der Waals surface area contributed by atoms with Crippen molar-refractivity contribution in [2.75, 3.05) is 7.11 Å². The summed E-state index contributed by atoms with van der Waals surface area (Å²) in [7, 11) is 1.27. The van der Waals surface area contributed by atoms with Gasteiger partial charge in [0.05, 0.1) is 24.3 Å². The number of carbonyl (C=O) groups excluding carboxylic acids is 2. The number of hydrogen-bond acceptors (Lipinski definition) is 5. The first-order valence-electron chi connectivity index (χ1n) is 7.83. The van der Waals surface area contributed by atoms with Gasteiger partial charge in [0, 0.05) is 5.02 Å². The number of nitrogens with zero attached hydrogens (tertiary/aromatic N) is 2. The quantitative estimate of drug-likeness (QED) is 0.788. The molecule has 0 fully saturated rings. The van der Waals surface area contributed by atoms with Gasteiger partial charge in [0.1, 0.15) is 12.6 Å². The number of benzene rings is 1. The number of nitrogens with one attached hydrogen (secondary N) is 1. The van der Waals surface area contributed by atoms with E-state index < -0.39 is 17.9 Å². The Bertz CT molecular complexity index is 847. The number of aromatic nitrogens is 2. The first-order valence-corrected chi connectivity index (χ1v) is 8.21. The van der Waals surface area contributed by atoms with Crippen molar-refractivity contribution in [1.29, 1.82) is 0 Å². The zero-order valence-electron chi connectivity index (χ0n) is 14.3. The Hall–Kier alpha value is -2.41. The van der Waals surface area contributed by atoms with Crippen LogP contribution in [0.5, 0.6) is 0 Å². The van der Waals surface area contributed by atoms with Gasteiger partial charge in [-0.1, -0.05) is 25.4 Å². The van der Waals surface area contributed by atoms with Crippen LogP contribution in [0.2, 0.25) is 5.02 Å². The predicted molar refractivity (Wildman–Crippen MR) is 94.4 cm³/mol. The second-order valence-electron chi connectivity index (χ2n) is 6.11. The molecule has 0 unspecified atom stereocenters. The summed E-state index contributed by atoms with van der Waals surface area (Å²) >= 11 is 5.91. The Kier molecular flexibility index (Phi) is 6.14. The topological polar surface area (TPSA) is 90.3 Å². The summed E-state index contributed by atoms with van der Waals surface area (Å²) in [5.41, 5.74) is 0.124. The summed E-state index contributed by atoms with van der Waals surface area (Å²) in [5, 5.41) is 3.35. The van der Waals surface area contributed by atoms with E-state index in [-0.39, 0.29) is 18.0 Å². The summed E-state index contributed by atoms with van der Waals surface area (Å²) in [6, 6.07) is 4.03. The van der Waals surface area contributed by atoms with E-state index in [1.165, 1.54) is 24.1 Å². The van der Waals surface area contributed by atoms with Crippen LogP contribution in [0.25, 0.3) is 10.9 Å². The molecule has 1 aromatic carbocycles. The fourth-order valence-electron chi connectivity index (χ4n) is 2.47. The lowest BCUT2D eigenvalue weighted by atomic mass is 10.0. The maximum atomic E-state index is 12.5. The second-order valence-corrected chi connectivity index (χ2v) is 6.55. The van der Waals surface area contributed by atoms with Gasteiger partial charge in [0.25, 0.3) is 5.56 Å². The van der Waals surface area contributed by atoms with Gasteiger partial charge in [-0.05, 0) is 30.5 Å². The van der Waals surface area contributed by atoms with E-state index in [1.807, 2.05) is 13.8 Å². The standard InChI is InChI=1S/C17H20ClN3O4/c1-10(2)6-14(17(24)25-3)20-15(22)8-21-9-19-13-5-4-11(18)7-12(13)16(21)23/h4-5,7,9-10,14H,6,8H2,1-3H3,(H,20,22)/t14-/m0/s1. The lowest BCUT2D eigenvalue weighted by Crippen LogP contribution is -2.44. The van der Waals surface area contributed by atoms with Gasteiger partial charge in [0.15, 0.2) is 0 Å². The Morgan fingerprint density at radius 3 is 2.72 bits per heavy atom. The minimum absolute atomic E-state index is 0.191. The molecular weight excluding hydrogens is 346 g/mol. The van der Waals surface area contributed by atoms with Gasteiger partial charge in [0.2, 0.25) is 5.91 Å². The number of esters is 1. The zero-order chi connectivity index (χ0) is 18.6. The molecule has 0 aliphatic heterocycles. The third-order valence-corrected chi connectivity index (χ3v) is 3.86. The molecule has 0 spiro atoms. The van der Waals surface area contributed by atoms with E-state index >= 15 is 0 Å². The van der Waals surface area contributed by atoms with Gasteiger partial charge in [-0.2, -0.15) is 0 Å². The highest BCUT2D eigenvalue weighted by Crippen LogP contribution is 2.14. The van der Waals surface area contributed by atoms with Crippen LogP contribution >= 0.6 is 11.6 Å². The highest BCUT2D eigenvalue weighted by Gasteiger charge is 2.22. The molecule has 25 heavy (non-hydrogen) atoms. The number of amides is 1. The van der Waals surface area contributed by atoms with Crippen molar-refractivity contribution in [3.8, 4) is 0 Å². The van der Waals surface area contributed by atoms with Crippen LogP contribution in [0, 0.1) is 5.92 Å². The number of fused-ring (bicyclic) bond motifs is 1. The van der Waals surface area contributed by atoms with Gasteiger partial charge in [-0.15, -0.1) is 0 Å². The first-order chi connectivity index (χ1) is 11.8. The Labute approximate surface area is 149 Å². The molecule has 0 aliphatic carbocycles. The number of hydrogen-bond donors (Lipinski definition) is 1. The van der Waals surface area contributed by atoms with Gasteiger partial charge in [-0.25, -0.2) is 9.78 Å². The molecule has 0 bridgehead atoms. The lowest BCUT2D eigenvalue weighted by molar-refractivity contribution is -0.145.